The lowest BCUT2D eigenvalue weighted by molar-refractivity contribution is -0.144. The topological polar surface area (TPSA) is 107 Å². The summed E-state index contributed by atoms with van der Waals surface area (Å²) < 4.78 is 0. The molecule has 0 saturated carbocycles. The smallest absolute Gasteiger partial charge is 0.252 e. The number of thiophene rings is 1. The predicted octanol–water partition coefficient (Wildman–Crippen LogP) is 3.35. The maximum atomic E-state index is 13.7. The van der Waals surface area contributed by atoms with E-state index in [0.717, 1.165) is 10.4 Å². The van der Waals surface area contributed by atoms with Crippen molar-refractivity contribution in [2.75, 3.05) is 13.1 Å². The second-order valence-corrected chi connectivity index (χ2v) is 11.8. The summed E-state index contributed by atoms with van der Waals surface area (Å²) in [6.45, 7) is 7.87. The van der Waals surface area contributed by atoms with Crippen LogP contribution in [-0.4, -0.2) is 75.7 Å². The summed E-state index contributed by atoms with van der Waals surface area (Å²) in [5.74, 6) is -1.40. The number of likely N-dealkylation sites (tertiary alicyclic amines) is 2. The Labute approximate surface area is 228 Å². The highest BCUT2D eigenvalue weighted by Gasteiger charge is 2.53. The Morgan fingerprint density at radius 1 is 1.08 bits per heavy atom. The van der Waals surface area contributed by atoms with Crippen LogP contribution in [-0.2, 0) is 14.4 Å². The normalized spacial score (nSPS) is 21.4. The Kier molecular flexibility index (Phi) is 8.67. The second-order valence-electron chi connectivity index (χ2n) is 10.8. The van der Waals surface area contributed by atoms with Crippen molar-refractivity contribution in [2.24, 2.45) is 11.8 Å². The monoisotopic (exact) mass is 539 g/mol. The Morgan fingerprint density at radius 2 is 1.79 bits per heavy atom. The zero-order chi connectivity index (χ0) is 27.6. The first-order valence-corrected chi connectivity index (χ1v) is 14.3. The summed E-state index contributed by atoms with van der Waals surface area (Å²) in [6, 6.07) is 9.29. The van der Waals surface area contributed by atoms with E-state index < -0.39 is 30.1 Å². The molecule has 2 aliphatic heterocycles. The average Bonchev–Trinajstić information content (AvgIpc) is 3.65. The Hall–Kier alpha value is -3.04. The van der Waals surface area contributed by atoms with Crippen LogP contribution in [0.15, 0.2) is 41.8 Å². The quantitative estimate of drug-likeness (QED) is 0.508. The van der Waals surface area contributed by atoms with Gasteiger partial charge in [0.15, 0.2) is 5.78 Å². The minimum Gasteiger partial charge on any atom is -0.383 e. The molecule has 2 saturated heterocycles. The van der Waals surface area contributed by atoms with Crippen LogP contribution in [0.4, 0.5) is 0 Å². The maximum Gasteiger partial charge on any atom is 0.252 e. The molecule has 1 aromatic heterocycles. The largest absolute Gasteiger partial charge is 0.383 e. The van der Waals surface area contributed by atoms with E-state index in [0.29, 0.717) is 31.4 Å². The van der Waals surface area contributed by atoms with Gasteiger partial charge in [0.05, 0.1) is 12.6 Å². The summed E-state index contributed by atoms with van der Waals surface area (Å²) in [5.41, 5.74) is 1.48. The minimum atomic E-state index is -1.17. The highest BCUT2D eigenvalue weighted by atomic mass is 32.1. The molecule has 3 heterocycles. The molecule has 9 heteroatoms. The second kappa shape index (κ2) is 11.8. The van der Waals surface area contributed by atoms with Crippen molar-refractivity contribution in [3.8, 4) is 10.4 Å². The maximum absolute atomic E-state index is 13.7. The van der Waals surface area contributed by atoms with Gasteiger partial charge in [-0.2, -0.15) is 0 Å². The molecule has 2 fully saturated rings. The third-order valence-electron chi connectivity index (χ3n) is 7.69. The van der Waals surface area contributed by atoms with Crippen LogP contribution in [0, 0.1) is 11.8 Å². The van der Waals surface area contributed by atoms with Gasteiger partial charge in [-0.3, -0.25) is 19.2 Å². The van der Waals surface area contributed by atoms with Crippen LogP contribution in [0.25, 0.3) is 10.4 Å². The van der Waals surface area contributed by atoms with E-state index >= 15 is 0 Å². The summed E-state index contributed by atoms with van der Waals surface area (Å²) in [6.07, 6.45) is 0.361. The molecule has 4 rings (SSSR count). The fourth-order valence-corrected chi connectivity index (χ4v) is 6.09. The Balaban J connectivity index is 1.47. The van der Waals surface area contributed by atoms with Crippen molar-refractivity contribution in [1.82, 2.24) is 15.1 Å². The van der Waals surface area contributed by atoms with Crippen LogP contribution < -0.4 is 5.32 Å². The molecule has 3 amide bonds. The van der Waals surface area contributed by atoms with Crippen LogP contribution in [0.2, 0.25) is 0 Å². The number of hydrogen-bond acceptors (Lipinski definition) is 6. The van der Waals surface area contributed by atoms with E-state index in [1.165, 1.54) is 9.80 Å². The lowest BCUT2D eigenvalue weighted by atomic mass is 10.00. The Morgan fingerprint density at radius 3 is 2.39 bits per heavy atom. The summed E-state index contributed by atoms with van der Waals surface area (Å²) >= 11 is 1.62. The molecular formula is C29H37N3O5S. The molecule has 0 aliphatic carbocycles. The summed E-state index contributed by atoms with van der Waals surface area (Å²) in [7, 11) is 0. The molecule has 1 aromatic carbocycles. The van der Waals surface area contributed by atoms with E-state index in [2.05, 4.69) is 5.32 Å². The highest BCUT2D eigenvalue weighted by Crippen LogP contribution is 2.32. The van der Waals surface area contributed by atoms with Gasteiger partial charge in [0, 0.05) is 17.0 Å². The SMILES string of the molecule is CCC(C)C(O)C(=O)N1CC(=O)C2C1CCN2C(=O)C(CC(C)C)NC(=O)c1ccc(-c2cccs2)cc1. The fourth-order valence-electron chi connectivity index (χ4n) is 5.36. The number of aliphatic hydroxyl groups excluding tert-OH is 1. The van der Waals surface area contributed by atoms with E-state index in [9.17, 15) is 24.3 Å². The van der Waals surface area contributed by atoms with Gasteiger partial charge in [-0.1, -0.05) is 52.3 Å². The number of benzene rings is 1. The number of amides is 3. The van der Waals surface area contributed by atoms with Crippen molar-refractivity contribution >= 4 is 34.8 Å². The van der Waals surface area contributed by atoms with Crippen molar-refractivity contribution in [3.05, 3.63) is 47.3 Å². The van der Waals surface area contributed by atoms with Crippen molar-refractivity contribution in [2.45, 2.75) is 71.2 Å². The Bertz CT molecular complexity index is 1160. The molecule has 204 valence electrons. The number of Topliss-reactive ketones (excluding diaryl/α,β-unsaturated/α-hetero) is 1. The van der Waals surface area contributed by atoms with Crippen molar-refractivity contribution in [3.63, 3.8) is 0 Å². The zero-order valence-electron chi connectivity index (χ0n) is 22.4. The highest BCUT2D eigenvalue weighted by molar-refractivity contribution is 7.13. The lowest BCUT2D eigenvalue weighted by Crippen LogP contribution is -2.53. The zero-order valence-corrected chi connectivity index (χ0v) is 23.2. The van der Waals surface area contributed by atoms with Crippen molar-refractivity contribution in [1.29, 1.82) is 0 Å². The van der Waals surface area contributed by atoms with Gasteiger partial charge in [0.25, 0.3) is 11.8 Å². The van der Waals surface area contributed by atoms with Gasteiger partial charge in [0.2, 0.25) is 5.91 Å². The first kappa shape index (κ1) is 28.0. The van der Waals surface area contributed by atoms with Gasteiger partial charge >= 0.3 is 0 Å². The third kappa shape index (κ3) is 5.68. The van der Waals surface area contributed by atoms with Gasteiger partial charge in [-0.05, 0) is 53.8 Å². The number of fused-ring (bicyclic) bond motifs is 1. The standard InChI is InChI=1S/C29H37N3O5S/c1-5-18(4)26(34)29(37)32-16-23(33)25-22(32)12-13-31(25)28(36)21(15-17(2)3)30-27(35)20-10-8-19(9-11-20)24-7-6-14-38-24/h6-11,14,17-18,21-22,25-26,34H,5,12-13,15-16H2,1-4H3,(H,30,35). The molecule has 0 bridgehead atoms. The van der Waals surface area contributed by atoms with E-state index in [4.69, 9.17) is 0 Å². The number of rotatable bonds is 9. The molecule has 0 spiro atoms. The average molecular weight is 540 g/mol. The first-order valence-electron chi connectivity index (χ1n) is 13.4. The number of carbonyl (C=O) groups excluding carboxylic acids is 4. The number of ketones is 1. The molecule has 38 heavy (non-hydrogen) atoms. The van der Waals surface area contributed by atoms with Crippen molar-refractivity contribution < 1.29 is 24.3 Å². The third-order valence-corrected chi connectivity index (χ3v) is 8.61. The molecular weight excluding hydrogens is 502 g/mol. The molecule has 5 unspecified atom stereocenters. The van der Waals surface area contributed by atoms with Crippen LogP contribution in [0.5, 0.6) is 0 Å². The van der Waals surface area contributed by atoms with E-state index in [-0.39, 0.29) is 36.0 Å². The van der Waals surface area contributed by atoms with Gasteiger partial charge < -0.3 is 20.2 Å². The number of aliphatic hydroxyl groups is 1. The van der Waals surface area contributed by atoms with Crippen LogP contribution in [0.1, 0.15) is 57.3 Å². The van der Waals surface area contributed by atoms with Crippen LogP contribution in [0.3, 0.4) is 0 Å². The molecule has 0 radical (unpaired) electrons. The minimum absolute atomic E-state index is 0.108. The number of carbonyl (C=O) groups is 4. The van der Waals surface area contributed by atoms with Gasteiger partial charge in [-0.15, -0.1) is 11.3 Å². The van der Waals surface area contributed by atoms with E-state index in [1.807, 2.05) is 50.4 Å². The molecule has 5 atom stereocenters. The number of hydrogen-bond donors (Lipinski definition) is 2. The molecule has 2 N–H and O–H groups in total. The fraction of sp³-hybridized carbons (Fsp3) is 0.517. The predicted molar refractivity (Wildman–Crippen MR) is 147 cm³/mol. The molecule has 2 aromatic rings. The number of nitrogens with zero attached hydrogens (tertiary/aromatic N) is 2. The lowest BCUT2D eigenvalue weighted by Gasteiger charge is -2.29. The van der Waals surface area contributed by atoms with Crippen LogP contribution >= 0.6 is 11.3 Å². The van der Waals surface area contributed by atoms with Gasteiger partial charge in [0.1, 0.15) is 18.2 Å². The first-order chi connectivity index (χ1) is 18.1. The van der Waals surface area contributed by atoms with E-state index in [1.54, 1.807) is 30.4 Å². The number of nitrogens with one attached hydrogen (secondary N) is 1. The molecule has 8 nitrogen and oxygen atoms in total. The summed E-state index contributed by atoms with van der Waals surface area (Å²) in [4.78, 5) is 56.9. The van der Waals surface area contributed by atoms with Gasteiger partial charge in [-0.25, -0.2) is 0 Å². The summed E-state index contributed by atoms with van der Waals surface area (Å²) in [5, 5.41) is 15.4. The molecule has 2 aliphatic rings.